The minimum Gasteiger partial charge on any atom is -0.472 e. The summed E-state index contributed by atoms with van der Waals surface area (Å²) in [5.74, 6) is -0.0196. The largest absolute Gasteiger partial charge is 0.472 e. The predicted octanol–water partition coefficient (Wildman–Crippen LogP) is 3.54. The van der Waals surface area contributed by atoms with Crippen LogP contribution in [0.1, 0.15) is 35.2 Å². The van der Waals surface area contributed by atoms with Crippen LogP contribution in [-0.2, 0) is 6.54 Å². The van der Waals surface area contributed by atoms with Crippen molar-refractivity contribution in [3.05, 3.63) is 54.0 Å². The molecular weight excluding hydrogens is 276 g/mol. The maximum absolute atomic E-state index is 12.2. The van der Waals surface area contributed by atoms with Gasteiger partial charge in [0.05, 0.1) is 11.8 Å². The van der Waals surface area contributed by atoms with E-state index in [1.54, 1.807) is 11.0 Å². The molecule has 3 rings (SSSR count). The highest BCUT2D eigenvalue weighted by Gasteiger charge is 2.14. The van der Waals surface area contributed by atoms with E-state index < -0.39 is 0 Å². The number of hydrogen-bond donors (Lipinski definition) is 0. The van der Waals surface area contributed by atoms with Crippen molar-refractivity contribution in [1.29, 1.82) is 0 Å². The predicted molar refractivity (Wildman–Crippen MR) is 87.0 cm³/mol. The van der Waals surface area contributed by atoms with E-state index in [2.05, 4.69) is 29.2 Å². The second kappa shape index (κ2) is 6.69. The second-order valence-electron chi connectivity index (χ2n) is 5.89. The Morgan fingerprint density at radius 2 is 1.86 bits per heavy atom. The number of carbonyl (C=O) groups excluding carboxylic acids is 1. The molecule has 4 heteroatoms. The zero-order valence-electron chi connectivity index (χ0n) is 13.0. The number of amides is 1. The number of nitrogens with zero attached hydrogens (tertiary/aromatic N) is 2. The molecule has 0 atom stereocenters. The Labute approximate surface area is 131 Å². The third-order valence-electron chi connectivity index (χ3n) is 4.19. The number of anilines is 1. The fourth-order valence-corrected chi connectivity index (χ4v) is 2.92. The van der Waals surface area contributed by atoms with Crippen LogP contribution in [0.3, 0.4) is 0 Å². The van der Waals surface area contributed by atoms with Crippen LogP contribution in [0.25, 0.3) is 0 Å². The summed E-state index contributed by atoms with van der Waals surface area (Å²) < 4.78 is 4.97. The molecule has 0 N–H and O–H groups in total. The normalized spacial score (nSPS) is 14.9. The van der Waals surface area contributed by atoms with Crippen molar-refractivity contribution in [2.45, 2.75) is 25.8 Å². The third-order valence-corrected chi connectivity index (χ3v) is 4.19. The van der Waals surface area contributed by atoms with Gasteiger partial charge in [-0.05, 0) is 43.0 Å². The fraction of sp³-hybridized carbons (Fsp3) is 0.389. The Kier molecular flexibility index (Phi) is 4.47. The Balaban J connectivity index is 1.62. The maximum atomic E-state index is 12.2. The Bertz CT molecular complexity index is 599. The van der Waals surface area contributed by atoms with E-state index in [0.717, 1.165) is 18.7 Å². The van der Waals surface area contributed by atoms with Crippen LogP contribution in [0.2, 0.25) is 0 Å². The molecule has 0 spiro atoms. The Morgan fingerprint density at radius 3 is 2.50 bits per heavy atom. The van der Waals surface area contributed by atoms with E-state index in [1.165, 1.54) is 37.5 Å². The molecule has 0 aliphatic carbocycles. The highest BCUT2D eigenvalue weighted by molar-refractivity contribution is 5.93. The SMILES string of the molecule is CN(Cc1ccc(N2CCCCC2)cc1)C(=O)c1ccoc1. The first-order valence-electron chi connectivity index (χ1n) is 7.85. The first kappa shape index (κ1) is 14.7. The second-order valence-corrected chi connectivity index (χ2v) is 5.89. The van der Waals surface area contributed by atoms with Crippen LogP contribution < -0.4 is 4.90 Å². The number of benzene rings is 1. The molecule has 1 aliphatic heterocycles. The van der Waals surface area contributed by atoms with Crippen molar-refractivity contribution in [2.24, 2.45) is 0 Å². The molecule has 1 aromatic heterocycles. The van der Waals surface area contributed by atoms with Gasteiger partial charge in [0.25, 0.3) is 5.91 Å². The smallest absolute Gasteiger partial charge is 0.257 e. The van der Waals surface area contributed by atoms with Crippen molar-refractivity contribution in [3.8, 4) is 0 Å². The standard InChI is InChI=1S/C18H22N2O2/c1-19(18(21)16-9-12-22-14-16)13-15-5-7-17(8-6-15)20-10-3-2-4-11-20/h5-9,12,14H,2-4,10-11,13H2,1H3. The number of carbonyl (C=O) groups is 1. The number of piperidine rings is 1. The summed E-state index contributed by atoms with van der Waals surface area (Å²) >= 11 is 0. The van der Waals surface area contributed by atoms with Crippen molar-refractivity contribution < 1.29 is 9.21 Å². The summed E-state index contributed by atoms with van der Waals surface area (Å²) in [6.07, 6.45) is 6.91. The van der Waals surface area contributed by atoms with Crippen LogP contribution >= 0.6 is 0 Å². The van der Waals surface area contributed by atoms with E-state index in [0.29, 0.717) is 12.1 Å². The van der Waals surface area contributed by atoms with E-state index in [4.69, 9.17) is 4.42 Å². The highest BCUT2D eigenvalue weighted by atomic mass is 16.3. The van der Waals surface area contributed by atoms with Gasteiger partial charge in [0.2, 0.25) is 0 Å². The molecule has 22 heavy (non-hydrogen) atoms. The lowest BCUT2D eigenvalue weighted by atomic mass is 10.1. The lowest BCUT2D eigenvalue weighted by molar-refractivity contribution is 0.0784. The summed E-state index contributed by atoms with van der Waals surface area (Å²) in [5, 5.41) is 0. The van der Waals surface area contributed by atoms with E-state index in [-0.39, 0.29) is 5.91 Å². The molecule has 1 amide bonds. The Hall–Kier alpha value is -2.23. The van der Waals surface area contributed by atoms with Gasteiger partial charge in [0, 0.05) is 32.4 Å². The average Bonchev–Trinajstić information content (AvgIpc) is 3.10. The van der Waals surface area contributed by atoms with Gasteiger partial charge in [0.15, 0.2) is 0 Å². The zero-order chi connectivity index (χ0) is 15.4. The van der Waals surface area contributed by atoms with E-state index in [1.807, 2.05) is 7.05 Å². The van der Waals surface area contributed by atoms with Crippen LogP contribution in [-0.4, -0.2) is 30.9 Å². The topological polar surface area (TPSA) is 36.7 Å². The minimum absolute atomic E-state index is 0.0196. The molecule has 1 aliphatic rings. The van der Waals surface area contributed by atoms with Crippen LogP contribution in [0.15, 0.2) is 47.3 Å². The van der Waals surface area contributed by atoms with E-state index >= 15 is 0 Å². The van der Waals surface area contributed by atoms with Gasteiger partial charge in [-0.3, -0.25) is 4.79 Å². The van der Waals surface area contributed by atoms with Gasteiger partial charge >= 0.3 is 0 Å². The quantitative estimate of drug-likeness (QED) is 0.866. The van der Waals surface area contributed by atoms with Crippen molar-refractivity contribution >= 4 is 11.6 Å². The van der Waals surface area contributed by atoms with Gasteiger partial charge in [-0.1, -0.05) is 12.1 Å². The molecule has 0 radical (unpaired) electrons. The van der Waals surface area contributed by atoms with Gasteiger partial charge in [-0.15, -0.1) is 0 Å². The molecule has 1 aromatic carbocycles. The third kappa shape index (κ3) is 3.32. The highest BCUT2D eigenvalue weighted by Crippen LogP contribution is 2.20. The number of furan rings is 1. The van der Waals surface area contributed by atoms with Crippen molar-refractivity contribution in [3.63, 3.8) is 0 Å². The number of rotatable bonds is 4. The van der Waals surface area contributed by atoms with Crippen LogP contribution in [0.4, 0.5) is 5.69 Å². The maximum Gasteiger partial charge on any atom is 0.257 e. The summed E-state index contributed by atoms with van der Waals surface area (Å²) in [4.78, 5) is 16.3. The van der Waals surface area contributed by atoms with Crippen LogP contribution in [0, 0.1) is 0 Å². The zero-order valence-corrected chi connectivity index (χ0v) is 13.0. The molecule has 2 heterocycles. The molecule has 1 fully saturated rings. The summed E-state index contributed by atoms with van der Waals surface area (Å²) in [6.45, 7) is 2.90. The fourth-order valence-electron chi connectivity index (χ4n) is 2.92. The van der Waals surface area contributed by atoms with Crippen molar-refractivity contribution in [1.82, 2.24) is 4.90 Å². The molecule has 0 unspecified atom stereocenters. The monoisotopic (exact) mass is 298 g/mol. The molecule has 0 saturated carbocycles. The minimum atomic E-state index is -0.0196. The molecule has 2 aromatic rings. The average molecular weight is 298 g/mol. The van der Waals surface area contributed by atoms with Crippen LogP contribution in [0.5, 0.6) is 0 Å². The summed E-state index contributed by atoms with van der Waals surface area (Å²) in [5.41, 5.74) is 3.01. The molecule has 116 valence electrons. The van der Waals surface area contributed by atoms with Crippen molar-refractivity contribution in [2.75, 3.05) is 25.0 Å². The molecular formula is C18H22N2O2. The van der Waals surface area contributed by atoms with Gasteiger partial charge in [0.1, 0.15) is 6.26 Å². The van der Waals surface area contributed by atoms with Gasteiger partial charge < -0.3 is 14.2 Å². The summed E-state index contributed by atoms with van der Waals surface area (Å²) in [7, 11) is 1.81. The lowest BCUT2D eigenvalue weighted by Crippen LogP contribution is -2.29. The first-order valence-corrected chi connectivity index (χ1v) is 7.85. The summed E-state index contributed by atoms with van der Waals surface area (Å²) in [6, 6.07) is 10.2. The Morgan fingerprint density at radius 1 is 1.14 bits per heavy atom. The molecule has 1 saturated heterocycles. The molecule has 4 nitrogen and oxygen atoms in total. The number of hydrogen-bond acceptors (Lipinski definition) is 3. The first-order chi connectivity index (χ1) is 10.7. The van der Waals surface area contributed by atoms with Gasteiger partial charge in [-0.25, -0.2) is 0 Å². The molecule has 0 bridgehead atoms. The van der Waals surface area contributed by atoms with E-state index in [9.17, 15) is 4.79 Å². The van der Waals surface area contributed by atoms with Gasteiger partial charge in [-0.2, -0.15) is 0 Å². The lowest BCUT2D eigenvalue weighted by Gasteiger charge is -2.29.